The van der Waals surface area contributed by atoms with Crippen LogP contribution >= 0.6 is 22.9 Å². The molecule has 0 aliphatic rings. The normalized spacial score (nSPS) is 10.4. The van der Waals surface area contributed by atoms with Gasteiger partial charge in [-0.15, -0.1) is 0 Å². The summed E-state index contributed by atoms with van der Waals surface area (Å²) < 4.78 is 4.69. The molecule has 0 saturated carbocycles. The van der Waals surface area contributed by atoms with Crippen LogP contribution in [-0.2, 0) is 11.3 Å². The van der Waals surface area contributed by atoms with E-state index in [4.69, 9.17) is 16.3 Å². The van der Waals surface area contributed by atoms with Crippen molar-refractivity contribution in [3.63, 3.8) is 0 Å². The molecule has 7 heteroatoms. The minimum Gasteiger partial charge on any atom is -0.465 e. The summed E-state index contributed by atoms with van der Waals surface area (Å²) in [6.45, 7) is 0.673. The van der Waals surface area contributed by atoms with E-state index in [1.54, 1.807) is 0 Å². The molecule has 118 valence electrons. The third kappa shape index (κ3) is 3.69. The zero-order chi connectivity index (χ0) is 16.3. The van der Waals surface area contributed by atoms with Gasteiger partial charge in [-0.2, -0.15) is 0 Å². The molecule has 0 radical (unpaired) electrons. The molecular weight excluding hydrogens is 322 g/mol. The van der Waals surface area contributed by atoms with Crippen molar-refractivity contribution in [1.29, 1.82) is 0 Å². The molecule has 1 heterocycles. The number of carbonyl (C=O) groups is 1. The number of ether oxygens (including phenoxy) is 1. The van der Waals surface area contributed by atoms with Crippen LogP contribution in [0, 0.1) is 0 Å². The van der Waals surface area contributed by atoms with Gasteiger partial charge in [0.2, 0.25) is 0 Å². The standard InChI is InChI=1S/C15H18ClN3O2S/c1-18(2)11-7-5-6-10(8-11)9-19(3)15-17-13(16)12(22-15)14(20)21-4/h5-8H,9H2,1-4H3. The molecule has 0 bridgehead atoms. The number of thiazole rings is 1. The van der Waals surface area contributed by atoms with Crippen LogP contribution in [0.3, 0.4) is 0 Å². The van der Waals surface area contributed by atoms with Crippen LogP contribution in [0.15, 0.2) is 24.3 Å². The fourth-order valence-electron chi connectivity index (χ4n) is 1.95. The van der Waals surface area contributed by atoms with Gasteiger partial charge in [0.25, 0.3) is 0 Å². The van der Waals surface area contributed by atoms with Crippen LogP contribution in [0.4, 0.5) is 10.8 Å². The first-order chi connectivity index (χ1) is 10.4. The molecule has 0 atom stereocenters. The minimum atomic E-state index is -0.461. The highest BCUT2D eigenvalue weighted by Gasteiger charge is 2.19. The van der Waals surface area contributed by atoms with Gasteiger partial charge in [0.1, 0.15) is 0 Å². The van der Waals surface area contributed by atoms with E-state index in [-0.39, 0.29) is 5.15 Å². The summed E-state index contributed by atoms with van der Waals surface area (Å²) >= 11 is 7.23. The second-order valence-corrected chi connectivity index (χ2v) is 6.36. The van der Waals surface area contributed by atoms with E-state index in [1.807, 2.05) is 32.1 Å². The number of anilines is 2. The van der Waals surface area contributed by atoms with Gasteiger partial charge in [0.15, 0.2) is 15.2 Å². The van der Waals surface area contributed by atoms with Crippen LogP contribution in [0.5, 0.6) is 0 Å². The molecule has 2 aromatic rings. The molecule has 0 saturated heterocycles. The van der Waals surface area contributed by atoms with E-state index in [0.29, 0.717) is 16.6 Å². The van der Waals surface area contributed by atoms with Crippen LogP contribution in [0.2, 0.25) is 5.15 Å². The van der Waals surface area contributed by atoms with E-state index >= 15 is 0 Å². The van der Waals surface area contributed by atoms with E-state index in [9.17, 15) is 4.79 Å². The van der Waals surface area contributed by atoms with Crippen molar-refractivity contribution in [2.75, 3.05) is 38.1 Å². The number of nitrogens with zero attached hydrogens (tertiary/aromatic N) is 3. The fourth-order valence-corrected chi connectivity index (χ4v) is 3.11. The number of benzene rings is 1. The lowest BCUT2D eigenvalue weighted by Crippen LogP contribution is -2.16. The first-order valence-corrected chi connectivity index (χ1v) is 7.84. The molecule has 0 aliphatic heterocycles. The summed E-state index contributed by atoms with van der Waals surface area (Å²) in [5.74, 6) is -0.461. The predicted octanol–water partition coefficient (Wildman–Crippen LogP) is 3.29. The van der Waals surface area contributed by atoms with Crippen molar-refractivity contribution in [1.82, 2.24) is 4.98 Å². The maximum Gasteiger partial charge on any atom is 0.351 e. The van der Waals surface area contributed by atoms with Gasteiger partial charge >= 0.3 is 5.97 Å². The Hall–Kier alpha value is -1.79. The van der Waals surface area contributed by atoms with Crippen molar-refractivity contribution in [3.8, 4) is 0 Å². The lowest BCUT2D eigenvalue weighted by Gasteiger charge is -2.18. The molecule has 2 rings (SSSR count). The zero-order valence-corrected chi connectivity index (χ0v) is 14.5. The first-order valence-electron chi connectivity index (χ1n) is 6.64. The molecule has 0 N–H and O–H groups in total. The second-order valence-electron chi connectivity index (χ2n) is 5.03. The number of carbonyl (C=O) groups excluding carboxylic acids is 1. The highest BCUT2D eigenvalue weighted by Crippen LogP contribution is 2.30. The van der Waals surface area contributed by atoms with Gasteiger partial charge in [0.05, 0.1) is 7.11 Å². The summed E-state index contributed by atoms with van der Waals surface area (Å²) in [5, 5.41) is 0.862. The third-order valence-corrected chi connectivity index (χ3v) is 4.65. The van der Waals surface area contributed by atoms with Crippen molar-refractivity contribution in [3.05, 3.63) is 39.9 Å². The maximum atomic E-state index is 11.6. The highest BCUT2D eigenvalue weighted by molar-refractivity contribution is 7.18. The molecule has 1 aromatic heterocycles. The number of hydrogen-bond donors (Lipinski definition) is 0. The zero-order valence-electron chi connectivity index (χ0n) is 13.0. The van der Waals surface area contributed by atoms with Crippen LogP contribution in [-0.4, -0.2) is 39.2 Å². The molecule has 1 aromatic carbocycles. The van der Waals surface area contributed by atoms with Crippen molar-refractivity contribution < 1.29 is 9.53 Å². The average Bonchev–Trinajstić information content (AvgIpc) is 2.89. The van der Waals surface area contributed by atoms with E-state index in [1.165, 1.54) is 18.4 Å². The number of aromatic nitrogens is 1. The summed E-state index contributed by atoms with van der Waals surface area (Å²) in [4.78, 5) is 20.2. The summed E-state index contributed by atoms with van der Waals surface area (Å²) in [6.07, 6.45) is 0. The Balaban J connectivity index is 2.17. The van der Waals surface area contributed by atoms with Gasteiger partial charge in [-0.3, -0.25) is 0 Å². The quantitative estimate of drug-likeness (QED) is 0.782. The van der Waals surface area contributed by atoms with Gasteiger partial charge in [-0.25, -0.2) is 9.78 Å². The molecular formula is C15H18ClN3O2S. The largest absolute Gasteiger partial charge is 0.465 e. The summed E-state index contributed by atoms with van der Waals surface area (Å²) in [6, 6.07) is 8.25. The molecule has 0 amide bonds. The van der Waals surface area contributed by atoms with Gasteiger partial charge in [-0.05, 0) is 17.7 Å². The Morgan fingerprint density at radius 2 is 2.09 bits per heavy atom. The Labute approximate surface area is 139 Å². The monoisotopic (exact) mass is 339 g/mol. The number of halogens is 1. The SMILES string of the molecule is COC(=O)c1sc(N(C)Cc2cccc(N(C)C)c2)nc1Cl. The Morgan fingerprint density at radius 3 is 2.73 bits per heavy atom. The molecule has 0 unspecified atom stereocenters. The number of rotatable bonds is 5. The lowest BCUT2D eigenvalue weighted by molar-refractivity contribution is 0.0606. The van der Waals surface area contributed by atoms with E-state index in [2.05, 4.69) is 28.1 Å². The highest BCUT2D eigenvalue weighted by atomic mass is 35.5. The maximum absolute atomic E-state index is 11.6. The summed E-state index contributed by atoms with van der Waals surface area (Å²) in [7, 11) is 7.26. The Morgan fingerprint density at radius 1 is 1.36 bits per heavy atom. The fraction of sp³-hybridized carbons (Fsp3) is 0.333. The van der Waals surface area contributed by atoms with Gasteiger partial charge in [0, 0.05) is 33.4 Å². The van der Waals surface area contributed by atoms with Crippen LogP contribution in [0.25, 0.3) is 0 Å². The van der Waals surface area contributed by atoms with Crippen LogP contribution in [0.1, 0.15) is 15.2 Å². The van der Waals surface area contributed by atoms with Crippen molar-refractivity contribution in [2.24, 2.45) is 0 Å². The number of methoxy groups -OCH3 is 1. The minimum absolute atomic E-state index is 0.181. The predicted molar refractivity (Wildman–Crippen MR) is 91.3 cm³/mol. The van der Waals surface area contributed by atoms with Gasteiger partial charge in [-0.1, -0.05) is 35.1 Å². The topological polar surface area (TPSA) is 45.7 Å². The summed E-state index contributed by atoms with van der Waals surface area (Å²) in [5.41, 5.74) is 2.29. The van der Waals surface area contributed by atoms with Crippen molar-refractivity contribution >= 4 is 39.7 Å². The van der Waals surface area contributed by atoms with Crippen LogP contribution < -0.4 is 9.80 Å². The molecule has 22 heavy (non-hydrogen) atoms. The Bertz CT molecular complexity index is 673. The Kier molecular flexibility index (Phi) is 5.26. The molecule has 0 aliphatic carbocycles. The number of esters is 1. The first kappa shape index (κ1) is 16.6. The van der Waals surface area contributed by atoms with E-state index in [0.717, 1.165) is 11.3 Å². The van der Waals surface area contributed by atoms with Crippen molar-refractivity contribution in [2.45, 2.75) is 6.54 Å². The third-order valence-electron chi connectivity index (χ3n) is 3.12. The lowest BCUT2D eigenvalue weighted by atomic mass is 10.2. The number of hydrogen-bond acceptors (Lipinski definition) is 6. The second kappa shape index (κ2) is 6.98. The molecule has 5 nitrogen and oxygen atoms in total. The smallest absolute Gasteiger partial charge is 0.351 e. The van der Waals surface area contributed by atoms with Gasteiger partial charge < -0.3 is 14.5 Å². The average molecular weight is 340 g/mol. The molecule has 0 spiro atoms. The van der Waals surface area contributed by atoms with E-state index < -0.39 is 5.97 Å². The molecule has 0 fully saturated rings.